The first kappa shape index (κ1) is 15.2. The van der Waals surface area contributed by atoms with Gasteiger partial charge >= 0.3 is 0 Å². The zero-order valence-corrected chi connectivity index (χ0v) is 13.3. The molecule has 0 spiro atoms. The number of rotatable bonds is 2. The highest BCUT2D eigenvalue weighted by Crippen LogP contribution is 2.19. The lowest BCUT2D eigenvalue weighted by molar-refractivity contribution is -0.116. The molecule has 1 aliphatic heterocycles. The van der Waals surface area contributed by atoms with Crippen molar-refractivity contribution >= 4 is 40.3 Å². The standard InChI is InChI=1S/C17H13NO4S/c1-9-6-10(2)15-12(7-9)14(19)11(8-21-15)4-3-5-13-16(20)18-17(23)22-13/h3-8H,1-2H3,(H,18,20,23). The monoisotopic (exact) mass is 327 g/mol. The molecule has 5 nitrogen and oxygen atoms in total. The third-order valence-electron chi connectivity index (χ3n) is 3.39. The van der Waals surface area contributed by atoms with Gasteiger partial charge in [-0.25, -0.2) is 0 Å². The van der Waals surface area contributed by atoms with Crippen LogP contribution >= 0.6 is 12.2 Å². The summed E-state index contributed by atoms with van der Waals surface area (Å²) in [7, 11) is 0. The first-order valence-corrected chi connectivity index (χ1v) is 7.31. The number of fused-ring (bicyclic) bond motifs is 1. The second kappa shape index (κ2) is 5.81. The second-order valence-electron chi connectivity index (χ2n) is 5.21. The Morgan fingerprint density at radius 1 is 1.22 bits per heavy atom. The molecule has 0 aliphatic carbocycles. The van der Waals surface area contributed by atoms with Crippen LogP contribution in [0.4, 0.5) is 0 Å². The van der Waals surface area contributed by atoms with E-state index in [2.05, 4.69) is 5.32 Å². The molecule has 3 rings (SSSR count). The van der Waals surface area contributed by atoms with Crippen molar-refractivity contribution in [3.8, 4) is 0 Å². The van der Waals surface area contributed by atoms with E-state index >= 15 is 0 Å². The first-order chi connectivity index (χ1) is 11.0. The number of amides is 1. The van der Waals surface area contributed by atoms with Gasteiger partial charge in [-0.1, -0.05) is 12.1 Å². The van der Waals surface area contributed by atoms with Crippen molar-refractivity contribution in [2.75, 3.05) is 0 Å². The summed E-state index contributed by atoms with van der Waals surface area (Å²) < 4.78 is 10.6. The van der Waals surface area contributed by atoms with Crippen molar-refractivity contribution in [3.05, 3.63) is 63.2 Å². The molecular formula is C17H13NO4S. The minimum absolute atomic E-state index is 0.0193. The summed E-state index contributed by atoms with van der Waals surface area (Å²) in [6.07, 6.45) is 5.96. The van der Waals surface area contributed by atoms with Gasteiger partial charge in [-0.05, 0) is 55.4 Å². The fourth-order valence-corrected chi connectivity index (χ4v) is 2.58. The summed E-state index contributed by atoms with van der Waals surface area (Å²) in [6.45, 7) is 3.83. The number of hydrogen-bond donors (Lipinski definition) is 1. The Labute approximate surface area is 137 Å². The summed E-state index contributed by atoms with van der Waals surface area (Å²) in [4.78, 5) is 24.0. The van der Waals surface area contributed by atoms with Gasteiger partial charge in [-0.2, -0.15) is 0 Å². The van der Waals surface area contributed by atoms with Crippen molar-refractivity contribution in [1.82, 2.24) is 5.32 Å². The molecule has 23 heavy (non-hydrogen) atoms. The Bertz CT molecular complexity index is 953. The number of allylic oxidation sites excluding steroid dienone is 2. The Morgan fingerprint density at radius 3 is 2.70 bits per heavy atom. The Balaban J connectivity index is 1.98. The summed E-state index contributed by atoms with van der Waals surface area (Å²) in [5.74, 6) is -0.320. The highest BCUT2D eigenvalue weighted by Gasteiger charge is 2.22. The van der Waals surface area contributed by atoms with Crippen molar-refractivity contribution in [2.45, 2.75) is 13.8 Å². The van der Waals surface area contributed by atoms with E-state index in [-0.39, 0.29) is 16.4 Å². The molecule has 6 heteroatoms. The summed E-state index contributed by atoms with van der Waals surface area (Å²) in [5.41, 5.74) is 2.76. The molecule has 1 aliphatic rings. The van der Waals surface area contributed by atoms with Crippen LogP contribution in [0, 0.1) is 13.8 Å². The van der Waals surface area contributed by atoms with E-state index in [4.69, 9.17) is 21.4 Å². The van der Waals surface area contributed by atoms with Crippen molar-refractivity contribution in [2.24, 2.45) is 0 Å². The molecule has 116 valence electrons. The molecular weight excluding hydrogens is 314 g/mol. The number of benzene rings is 1. The van der Waals surface area contributed by atoms with Crippen LogP contribution in [0.15, 0.2) is 45.5 Å². The third kappa shape index (κ3) is 2.93. The van der Waals surface area contributed by atoms with Crippen molar-refractivity contribution in [3.63, 3.8) is 0 Å². The molecule has 2 heterocycles. The number of carbonyl (C=O) groups is 1. The maximum absolute atomic E-state index is 12.5. The number of ether oxygens (including phenoxy) is 1. The smallest absolute Gasteiger partial charge is 0.294 e. The van der Waals surface area contributed by atoms with E-state index < -0.39 is 5.91 Å². The fraction of sp³-hybridized carbons (Fsp3) is 0.118. The third-order valence-corrected chi connectivity index (χ3v) is 3.58. The van der Waals surface area contributed by atoms with Gasteiger partial charge in [0.15, 0.2) is 11.2 Å². The average Bonchev–Trinajstić information content (AvgIpc) is 2.80. The van der Waals surface area contributed by atoms with Crippen molar-refractivity contribution in [1.29, 1.82) is 0 Å². The maximum atomic E-state index is 12.5. The molecule has 1 saturated heterocycles. The van der Waals surface area contributed by atoms with E-state index in [9.17, 15) is 9.59 Å². The maximum Gasteiger partial charge on any atom is 0.294 e. The van der Waals surface area contributed by atoms with Crippen LogP contribution in [-0.4, -0.2) is 11.1 Å². The topological polar surface area (TPSA) is 68.5 Å². The van der Waals surface area contributed by atoms with Gasteiger partial charge in [0, 0.05) is 0 Å². The molecule has 1 N–H and O–H groups in total. The van der Waals surface area contributed by atoms with Crippen LogP contribution in [0.3, 0.4) is 0 Å². The van der Waals surface area contributed by atoms with E-state index in [0.717, 1.165) is 11.1 Å². The lowest BCUT2D eigenvalue weighted by Gasteiger charge is -2.03. The Kier molecular flexibility index (Phi) is 3.83. The van der Waals surface area contributed by atoms with Crippen LogP contribution in [0.5, 0.6) is 0 Å². The minimum atomic E-state index is -0.406. The van der Waals surface area contributed by atoms with Crippen LogP contribution < -0.4 is 10.7 Å². The number of thiocarbonyl (C=S) groups is 1. The lowest BCUT2D eigenvalue weighted by atomic mass is 10.1. The summed E-state index contributed by atoms with van der Waals surface area (Å²) >= 11 is 4.73. The van der Waals surface area contributed by atoms with Crippen LogP contribution in [0.2, 0.25) is 0 Å². The molecule has 1 aromatic heterocycles. The van der Waals surface area contributed by atoms with Crippen LogP contribution in [0.25, 0.3) is 17.0 Å². The highest BCUT2D eigenvalue weighted by molar-refractivity contribution is 7.80. The second-order valence-corrected chi connectivity index (χ2v) is 5.58. The molecule has 0 bridgehead atoms. The number of hydrogen-bond acceptors (Lipinski definition) is 5. The van der Waals surface area contributed by atoms with Gasteiger partial charge in [0.25, 0.3) is 11.1 Å². The van der Waals surface area contributed by atoms with Gasteiger partial charge in [0.2, 0.25) is 0 Å². The Morgan fingerprint density at radius 2 is 2.00 bits per heavy atom. The van der Waals surface area contributed by atoms with E-state index in [1.807, 2.05) is 19.9 Å². The van der Waals surface area contributed by atoms with Gasteiger partial charge in [-0.15, -0.1) is 0 Å². The molecule has 0 unspecified atom stereocenters. The molecule has 1 aromatic carbocycles. The Hall–Kier alpha value is -2.73. The number of aryl methyl sites for hydroxylation is 2. The first-order valence-electron chi connectivity index (χ1n) is 6.90. The SMILES string of the molecule is Cc1cc(C)c2occ(C=CC=C3OC(=S)NC3=O)c(=O)c2c1. The molecule has 0 saturated carbocycles. The van der Waals surface area contributed by atoms with Crippen molar-refractivity contribution < 1.29 is 13.9 Å². The number of nitrogens with one attached hydrogen (secondary N) is 1. The van der Waals surface area contributed by atoms with E-state index in [1.54, 1.807) is 18.2 Å². The van der Waals surface area contributed by atoms with Crippen LogP contribution in [-0.2, 0) is 9.53 Å². The quantitative estimate of drug-likeness (QED) is 0.678. The normalized spacial score (nSPS) is 16.3. The molecule has 0 radical (unpaired) electrons. The summed E-state index contributed by atoms with van der Waals surface area (Å²) in [5, 5.41) is 2.91. The van der Waals surface area contributed by atoms with Gasteiger partial charge in [-0.3, -0.25) is 14.9 Å². The van der Waals surface area contributed by atoms with E-state index in [0.29, 0.717) is 16.5 Å². The van der Waals surface area contributed by atoms with Crippen LogP contribution in [0.1, 0.15) is 16.7 Å². The highest BCUT2D eigenvalue weighted by atomic mass is 32.1. The van der Waals surface area contributed by atoms with Gasteiger partial charge in [0.1, 0.15) is 11.8 Å². The summed E-state index contributed by atoms with van der Waals surface area (Å²) in [6, 6.07) is 3.76. The minimum Gasteiger partial charge on any atom is -0.463 e. The fourth-order valence-electron chi connectivity index (χ4n) is 2.40. The zero-order chi connectivity index (χ0) is 16.6. The predicted octanol–water partition coefficient (Wildman–Crippen LogP) is 2.74. The predicted molar refractivity (Wildman–Crippen MR) is 90.9 cm³/mol. The molecule has 0 atom stereocenters. The van der Waals surface area contributed by atoms with Gasteiger partial charge < -0.3 is 9.15 Å². The van der Waals surface area contributed by atoms with Gasteiger partial charge in [0.05, 0.1) is 10.9 Å². The molecule has 1 amide bonds. The largest absolute Gasteiger partial charge is 0.463 e. The average molecular weight is 327 g/mol. The number of carbonyl (C=O) groups excluding carboxylic acids is 1. The molecule has 2 aromatic rings. The molecule has 1 fully saturated rings. The van der Waals surface area contributed by atoms with E-state index in [1.165, 1.54) is 12.3 Å². The zero-order valence-electron chi connectivity index (χ0n) is 12.5. The lowest BCUT2D eigenvalue weighted by Crippen LogP contribution is -2.18.